The van der Waals surface area contributed by atoms with Crippen molar-refractivity contribution in [2.75, 3.05) is 26.7 Å². The van der Waals surface area contributed by atoms with Gasteiger partial charge in [-0.2, -0.15) is 0 Å². The highest BCUT2D eigenvalue weighted by molar-refractivity contribution is 5.97. The van der Waals surface area contributed by atoms with Gasteiger partial charge in [0.1, 0.15) is 0 Å². The van der Waals surface area contributed by atoms with E-state index in [1.54, 1.807) is 12.1 Å². The highest BCUT2D eigenvalue weighted by Crippen LogP contribution is 2.05. The first-order valence-corrected chi connectivity index (χ1v) is 5.84. The van der Waals surface area contributed by atoms with E-state index in [4.69, 9.17) is 5.11 Å². The molecular weight excluding hydrogens is 232 g/mol. The van der Waals surface area contributed by atoms with Crippen LogP contribution in [-0.2, 0) is 0 Å². The molecule has 0 atom stereocenters. The molecule has 0 bridgehead atoms. The maximum atomic E-state index is 11.8. The van der Waals surface area contributed by atoms with Crippen molar-refractivity contribution in [3.05, 3.63) is 35.4 Å². The Bertz CT molecular complexity index is 432. The van der Waals surface area contributed by atoms with Gasteiger partial charge in [-0.1, -0.05) is 13.0 Å². The Morgan fingerprint density at radius 1 is 1.33 bits per heavy atom. The van der Waals surface area contributed by atoms with Gasteiger partial charge in [-0.15, -0.1) is 0 Å². The van der Waals surface area contributed by atoms with Crippen molar-refractivity contribution in [1.82, 2.24) is 10.2 Å². The third-order valence-corrected chi connectivity index (χ3v) is 2.69. The van der Waals surface area contributed by atoms with Crippen LogP contribution in [0.4, 0.5) is 0 Å². The van der Waals surface area contributed by atoms with Gasteiger partial charge in [0.05, 0.1) is 5.56 Å². The fraction of sp³-hybridized carbons (Fsp3) is 0.385. The lowest BCUT2D eigenvalue weighted by Crippen LogP contribution is -2.32. The van der Waals surface area contributed by atoms with Crippen LogP contribution in [0.2, 0.25) is 0 Å². The summed E-state index contributed by atoms with van der Waals surface area (Å²) in [6.45, 7) is 4.27. The van der Waals surface area contributed by atoms with Crippen molar-refractivity contribution >= 4 is 11.9 Å². The molecule has 0 saturated heterocycles. The first kappa shape index (κ1) is 14.2. The number of carboxylic acids is 1. The summed E-state index contributed by atoms with van der Waals surface area (Å²) in [6.07, 6.45) is 0. The first-order valence-electron chi connectivity index (χ1n) is 5.84. The van der Waals surface area contributed by atoms with Crippen LogP contribution in [0.15, 0.2) is 24.3 Å². The molecule has 5 heteroatoms. The monoisotopic (exact) mass is 250 g/mol. The molecule has 0 unspecified atom stereocenters. The van der Waals surface area contributed by atoms with Gasteiger partial charge >= 0.3 is 5.97 Å². The van der Waals surface area contributed by atoms with Gasteiger partial charge in [-0.05, 0) is 31.8 Å². The van der Waals surface area contributed by atoms with Crippen LogP contribution in [0.3, 0.4) is 0 Å². The standard InChI is InChI=1S/C13H18N2O3/c1-3-15(2)8-7-14-12(16)10-5-4-6-11(9-10)13(17)18/h4-6,9H,3,7-8H2,1-2H3,(H,14,16)(H,17,18). The number of carboxylic acid groups (broad SMARTS) is 1. The Balaban J connectivity index is 2.56. The molecule has 1 amide bonds. The minimum atomic E-state index is -1.03. The van der Waals surface area contributed by atoms with Crippen LogP contribution in [0.1, 0.15) is 27.6 Å². The van der Waals surface area contributed by atoms with Gasteiger partial charge in [-0.25, -0.2) is 4.79 Å². The van der Waals surface area contributed by atoms with Crippen molar-refractivity contribution in [2.45, 2.75) is 6.92 Å². The molecule has 0 saturated carbocycles. The molecule has 5 nitrogen and oxygen atoms in total. The molecule has 0 spiro atoms. The number of likely N-dealkylation sites (N-methyl/N-ethyl adjacent to an activating group) is 1. The van der Waals surface area contributed by atoms with E-state index in [-0.39, 0.29) is 11.5 Å². The van der Waals surface area contributed by atoms with Crippen LogP contribution in [-0.4, -0.2) is 48.6 Å². The molecule has 0 aliphatic carbocycles. The number of nitrogens with zero attached hydrogens (tertiary/aromatic N) is 1. The second-order valence-electron chi connectivity index (χ2n) is 4.04. The minimum Gasteiger partial charge on any atom is -0.478 e. The molecule has 1 rings (SSSR count). The molecule has 0 heterocycles. The van der Waals surface area contributed by atoms with E-state index in [0.717, 1.165) is 13.1 Å². The number of amides is 1. The van der Waals surface area contributed by atoms with E-state index in [1.165, 1.54) is 12.1 Å². The van der Waals surface area contributed by atoms with Crippen molar-refractivity contribution in [2.24, 2.45) is 0 Å². The zero-order valence-corrected chi connectivity index (χ0v) is 10.6. The van der Waals surface area contributed by atoms with Crippen LogP contribution < -0.4 is 5.32 Å². The zero-order chi connectivity index (χ0) is 13.5. The molecule has 0 aliphatic rings. The SMILES string of the molecule is CCN(C)CCNC(=O)c1cccc(C(=O)O)c1. The summed E-state index contributed by atoms with van der Waals surface area (Å²) in [4.78, 5) is 24.6. The number of rotatable bonds is 6. The number of hydrogen-bond donors (Lipinski definition) is 2. The molecule has 98 valence electrons. The zero-order valence-electron chi connectivity index (χ0n) is 10.6. The largest absolute Gasteiger partial charge is 0.478 e. The van der Waals surface area contributed by atoms with Crippen molar-refractivity contribution in [1.29, 1.82) is 0 Å². The quantitative estimate of drug-likeness (QED) is 0.792. The molecule has 1 aromatic carbocycles. The minimum absolute atomic E-state index is 0.119. The first-order chi connectivity index (χ1) is 8.54. The highest BCUT2D eigenvalue weighted by atomic mass is 16.4. The smallest absolute Gasteiger partial charge is 0.335 e. The maximum absolute atomic E-state index is 11.8. The van der Waals surface area contributed by atoms with E-state index in [9.17, 15) is 9.59 Å². The second kappa shape index (κ2) is 6.76. The Hall–Kier alpha value is -1.88. The lowest BCUT2D eigenvalue weighted by atomic mass is 10.1. The number of carbonyl (C=O) groups is 2. The number of aromatic carboxylic acids is 1. The fourth-order valence-electron chi connectivity index (χ4n) is 1.41. The topological polar surface area (TPSA) is 69.6 Å². The Morgan fingerprint density at radius 2 is 2.00 bits per heavy atom. The highest BCUT2D eigenvalue weighted by Gasteiger charge is 2.08. The average Bonchev–Trinajstić information content (AvgIpc) is 2.38. The third-order valence-electron chi connectivity index (χ3n) is 2.69. The van der Waals surface area contributed by atoms with E-state index in [1.807, 2.05) is 14.0 Å². The molecule has 18 heavy (non-hydrogen) atoms. The molecule has 0 aromatic heterocycles. The predicted octanol–water partition coefficient (Wildman–Crippen LogP) is 1.07. The predicted molar refractivity (Wildman–Crippen MR) is 68.9 cm³/mol. The van der Waals surface area contributed by atoms with Gasteiger partial charge in [-0.3, -0.25) is 4.79 Å². The van der Waals surface area contributed by atoms with E-state index >= 15 is 0 Å². The summed E-state index contributed by atoms with van der Waals surface area (Å²) in [5.41, 5.74) is 0.488. The molecule has 0 aliphatic heterocycles. The number of benzene rings is 1. The summed E-state index contributed by atoms with van der Waals surface area (Å²) in [5.74, 6) is -1.28. The summed E-state index contributed by atoms with van der Waals surface area (Å²) in [7, 11) is 1.97. The second-order valence-corrected chi connectivity index (χ2v) is 4.04. The number of hydrogen-bond acceptors (Lipinski definition) is 3. The molecule has 2 N–H and O–H groups in total. The van der Waals surface area contributed by atoms with Gasteiger partial charge < -0.3 is 15.3 Å². The molecule has 0 fully saturated rings. The lowest BCUT2D eigenvalue weighted by Gasteiger charge is -2.14. The van der Waals surface area contributed by atoms with Gasteiger partial charge in [0.25, 0.3) is 5.91 Å². The van der Waals surface area contributed by atoms with Crippen LogP contribution >= 0.6 is 0 Å². The van der Waals surface area contributed by atoms with E-state index in [0.29, 0.717) is 12.1 Å². The van der Waals surface area contributed by atoms with Gasteiger partial charge in [0.2, 0.25) is 0 Å². The Morgan fingerprint density at radius 3 is 2.61 bits per heavy atom. The van der Waals surface area contributed by atoms with Crippen molar-refractivity contribution < 1.29 is 14.7 Å². The average molecular weight is 250 g/mol. The molecule has 0 radical (unpaired) electrons. The van der Waals surface area contributed by atoms with Gasteiger partial charge in [0, 0.05) is 18.7 Å². The Labute approximate surface area is 106 Å². The Kier molecular flexibility index (Phi) is 5.32. The van der Waals surface area contributed by atoms with Crippen molar-refractivity contribution in [3.8, 4) is 0 Å². The van der Waals surface area contributed by atoms with Gasteiger partial charge in [0.15, 0.2) is 0 Å². The summed E-state index contributed by atoms with van der Waals surface area (Å²) in [5, 5.41) is 11.6. The van der Waals surface area contributed by atoms with E-state index < -0.39 is 5.97 Å². The third kappa shape index (κ3) is 4.18. The molecular formula is C13H18N2O3. The number of nitrogens with one attached hydrogen (secondary N) is 1. The van der Waals surface area contributed by atoms with Crippen LogP contribution in [0.25, 0.3) is 0 Å². The summed E-state index contributed by atoms with van der Waals surface area (Å²) < 4.78 is 0. The van der Waals surface area contributed by atoms with E-state index in [2.05, 4.69) is 10.2 Å². The summed E-state index contributed by atoms with van der Waals surface area (Å²) in [6, 6.07) is 6.01. The normalized spacial score (nSPS) is 10.4. The van der Waals surface area contributed by atoms with Crippen molar-refractivity contribution in [3.63, 3.8) is 0 Å². The van der Waals surface area contributed by atoms with Crippen LogP contribution in [0, 0.1) is 0 Å². The fourth-order valence-corrected chi connectivity index (χ4v) is 1.41. The number of carbonyl (C=O) groups excluding carboxylic acids is 1. The lowest BCUT2D eigenvalue weighted by molar-refractivity contribution is 0.0697. The summed E-state index contributed by atoms with van der Waals surface area (Å²) >= 11 is 0. The maximum Gasteiger partial charge on any atom is 0.335 e. The van der Waals surface area contributed by atoms with Crippen LogP contribution in [0.5, 0.6) is 0 Å². The molecule has 1 aromatic rings.